The van der Waals surface area contributed by atoms with Gasteiger partial charge in [0, 0.05) is 13.7 Å². The first kappa shape index (κ1) is 23.0. The number of nitrogens with one attached hydrogen (secondary N) is 1. The number of methoxy groups -OCH3 is 1. The van der Waals surface area contributed by atoms with Gasteiger partial charge in [-0.25, -0.2) is 4.79 Å². The lowest BCUT2D eigenvalue weighted by Crippen LogP contribution is -2.44. The number of aromatic nitrogens is 2. The van der Waals surface area contributed by atoms with E-state index in [9.17, 15) is 14.4 Å². The Kier molecular flexibility index (Phi) is 7.62. The van der Waals surface area contributed by atoms with Gasteiger partial charge in [0.2, 0.25) is 5.91 Å². The van der Waals surface area contributed by atoms with Gasteiger partial charge in [-0.05, 0) is 17.5 Å². The van der Waals surface area contributed by atoms with Crippen molar-refractivity contribution >= 4 is 17.4 Å². The first-order chi connectivity index (χ1) is 15.5. The van der Waals surface area contributed by atoms with E-state index >= 15 is 0 Å². The smallest absolute Gasteiger partial charge is 0.330 e. The van der Waals surface area contributed by atoms with Gasteiger partial charge in [0.15, 0.2) is 5.69 Å². The molecule has 32 heavy (non-hydrogen) atoms. The first-order valence-corrected chi connectivity index (χ1v) is 10.5. The van der Waals surface area contributed by atoms with Crippen LogP contribution in [0, 0.1) is 0 Å². The van der Waals surface area contributed by atoms with Gasteiger partial charge in [-0.2, -0.15) is 0 Å². The van der Waals surface area contributed by atoms with Crippen molar-refractivity contribution in [2.75, 3.05) is 30.9 Å². The summed E-state index contributed by atoms with van der Waals surface area (Å²) in [5.74, 6) is -0.811. The number of nitrogens with zero attached hydrogens (tertiary/aromatic N) is 2. The molecule has 2 aromatic carbocycles. The summed E-state index contributed by atoms with van der Waals surface area (Å²) in [4.78, 5) is 42.6. The second-order valence-corrected chi connectivity index (χ2v) is 7.42. The zero-order valence-electron chi connectivity index (χ0n) is 18.3. The van der Waals surface area contributed by atoms with E-state index in [1.807, 2.05) is 67.6 Å². The molecule has 1 atom stereocenters. The highest BCUT2D eigenvalue weighted by Gasteiger charge is 2.29. The van der Waals surface area contributed by atoms with Crippen molar-refractivity contribution in [2.24, 2.45) is 0 Å². The predicted octanol–water partition coefficient (Wildman–Crippen LogP) is 2.34. The van der Waals surface area contributed by atoms with Crippen LogP contribution in [0.3, 0.4) is 0 Å². The Hall–Kier alpha value is -3.65. The number of anilines is 2. The summed E-state index contributed by atoms with van der Waals surface area (Å²) in [6.45, 7) is 2.40. The maximum atomic E-state index is 13.6. The Morgan fingerprint density at radius 1 is 1.09 bits per heavy atom. The molecule has 0 aliphatic carbocycles. The van der Waals surface area contributed by atoms with E-state index < -0.39 is 17.2 Å². The lowest BCUT2D eigenvalue weighted by molar-refractivity contribution is -0.120. The van der Waals surface area contributed by atoms with Crippen molar-refractivity contribution < 1.29 is 9.53 Å². The number of amides is 1. The predicted molar refractivity (Wildman–Crippen MR) is 125 cm³/mol. The van der Waals surface area contributed by atoms with E-state index in [4.69, 9.17) is 10.5 Å². The Morgan fingerprint density at radius 3 is 2.31 bits per heavy atom. The van der Waals surface area contributed by atoms with Crippen LogP contribution < -0.4 is 21.9 Å². The molecule has 3 N–H and O–H groups in total. The Balaban J connectivity index is 2.09. The van der Waals surface area contributed by atoms with E-state index in [0.717, 1.165) is 11.1 Å². The fourth-order valence-corrected chi connectivity index (χ4v) is 3.70. The number of hydrogen-bond donors (Lipinski definition) is 2. The molecular formula is C24H28N4O4. The molecule has 1 heterocycles. The molecule has 0 saturated carbocycles. The molecule has 0 spiro atoms. The second-order valence-electron chi connectivity index (χ2n) is 7.42. The number of ether oxygens (including phenoxy) is 1. The summed E-state index contributed by atoms with van der Waals surface area (Å²) in [7, 11) is 1.51. The number of nitrogens with two attached hydrogens (primary N) is 1. The van der Waals surface area contributed by atoms with Crippen LogP contribution >= 0.6 is 0 Å². The summed E-state index contributed by atoms with van der Waals surface area (Å²) >= 11 is 0. The molecule has 8 nitrogen and oxygen atoms in total. The molecule has 0 bridgehead atoms. The maximum absolute atomic E-state index is 13.6. The highest BCUT2D eigenvalue weighted by Crippen LogP contribution is 2.26. The summed E-state index contributed by atoms with van der Waals surface area (Å²) in [6.07, 6.45) is 0.536. The first-order valence-electron chi connectivity index (χ1n) is 10.5. The van der Waals surface area contributed by atoms with E-state index in [2.05, 4.69) is 4.98 Å². The summed E-state index contributed by atoms with van der Waals surface area (Å²) in [5.41, 5.74) is 6.63. The van der Waals surface area contributed by atoms with Crippen molar-refractivity contribution in [3.05, 3.63) is 92.6 Å². The maximum Gasteiger partial charge on any atom is 0.330 e. The van der Waals surface area contributed by atoms with E-state index in [-0.39, 0.29) is 37.1 Å². The highest BCUT2D eigenvalue weighted by molar-refractivity contribution is 5.99. The fraction of sp³-hybridized carbons (Fsp3) is 0.292. The number of H-pyrrole nitrogens is 1. The van der Waals surface area contributed by atoms with Gasteiger partial charge in [-0.3, -0.25) is 19.1 Å². The SMILES string of the molecule is CCC(C(=O)N(CCOC)c1c(N)n(Cc2ccccc2)c(=O)[nH]c1=O)c1ccccc1. The monoisotopic (exact) mass is 436 g/mol. The molecular weight excluding hydrogens is 408 g/mol. The molecule has 1 aromatic heterocycles. The van der Waals surface area contributed by atoms with Crippen LogP contribution in [0.15, 0.2) is 70.3 Å². The van der Waals surface area contributed by atoms with Gasteiger partial charge < -0.3 is 15.4 Å². The number of carbonyl (C=O) groups is 1. The van der Waals surface area contributed by atoms with Crippen LogP contribution in [-0.4, -0.2) is 35.7 Å². The second kappa shape index (κ2) is 10.6. The molecule has 3 aromatic rings. The number of aromatic amines is 1. The van der Waals surface area contributed by atoms with Crippen LogP contribution in [-0.2, 0) is 16.1 Å². The third-order valence-corrected chi connectivity index (χ3v) is 5.36. The minimum atomic E-state index is -0.704. The summed E-state index contributed by atoms with van der Waals surface area (Å²) in [5, 5.41) is 0. The van der Waals surface area contributed by atoms with Gasteiger partial charge in [0.1, 0.15) is 5.82 Å². The van der Waals surface area contributed by atoms with Crippen molar-refractivity contribution in [3.63, 3.8) is 0 Å². The molecule has 0 aliphatic rings. The highest BCUT2D eigenvalue weighted by atomic mass is 16.5. The standard InChI is InChI=1S/C24H28N4O4/c1-3-19(18-12-8-5-9-13-18)23(30)27(14-15-32-2)20-21(25)28(24(31)26-22(20)29)16-17-10-6-4-7-11-17/h4-13,19H,3,14-16,25H2,1-2H3,(H,26,29,31). The number of benzene rings is 2. The van der Waals surface area contributed by atoms with Crippen LogP contribution in [0.1, 0.15) is 30.4 Å². The van der Waals surface area contributed by atoms with Crippen LogP contribution in [0.25, 0.3) is 0 Å². The fourth-order valence-electron chi connectivity index (χ4n) is 3.70. The third kappa shape index (κ3) is 4.97. The van der Waals surface area contributed by atoms with Crippen molar-refractivity contribution in [2.45, 2.75) is 25.8 Å². The van der Waals surface area contributed by atoms with E-state index in [0.29, 0.717) is 6.42 Å². The molecule has 0 aliphatic heterocycles. The van der Waals surface area contributed by atoms with Gasteiger partial charge in [0.05, 0.1) is 19.1 Å². The van der Waals surface area contributed by atoms with Crippen LogP contribution in [0.5, 0.6) is 0 Å². The molecule has 0 fully saturated rings. The van der Waals surface area contributed by atoms with Crippen molar-refractivity contribution in [1.29, 1.82) is 0 Å². The summed E-state index contributed by atoms with van der Waals surface area (Å²) < 4.78 is 6.44. The average molecular weight is 437 g/mol. The molecule has 1 unspecified atom stereocenters. The Labute approximate surface area is 186 Å². The quantitative estimate of drug-likeness (QED) is 0.535. The normalized spacial score (nSPS) is 11.8. The molecule has 8 heteroatoms. The minimum absolute atomic E-state index is 0.0445. The zero-order valence-corrected chi connectivity index (χ0v) is 18.3. The summed E-state index contributed by atoms with van der Waals surface area (Å²) in [6, 6.07) is 18.7. The number of nitrogen functional groups attached to an aromatic ring is 1. The number of hydrogen-bond acceptors (Lipinski definition) is 5. The molecule has 3 rings (SSSR count). The molecule has 1 amide bonds. The van der Waals surface area contributed by atoms with Crippen LogP contribution in [0.4, 0.5) is 11.5 Å². The number of rotatable bonds is 9. The molecule has 0 saturated heterocycles. The average Bonchev–Trinajstić information content (AvgIpc) is 2.80. The topological polar surface area (TPSA) is 110 Å². The lowest BCUT2D eigenvalue weighted by atomic mass is 9.95. The molecule has 0 radical (unpaired) electrons. The number of carbonyl (C=O) groups excluding carboxylic acids is 1. The van der Waals surface area contributed by atoms with Gasteiger partial charge in [-0.15, -0.1) is 0 Å². The third-order valence-electron chi connectivity index (χ3n) is 5.36. The van der Waals surface area contributed by atoms with E-state index in [1.165, 1.54) is 16.6 Å². The minimum Gasteiger partial charge on any atom is -0.383 e. The van der Waals surface area contributed by atoms with Gasteiger partial charge in [-0.1, -0.05) is 67.6 Å². The van der Waals surface area contributed by atoms with Gasteiger partial charge in [0.25, 0.3) is 5.56 Å². The van der Waals surface area contributed by atoms with Crippen LogP contribution in [0.2, 0.25) is 0 Å². The molecule has 168 valence electrons. The zero-order chi connectivity index (χ0) is 23.1. The van der Waals surface area contributed by atoms with Crippen molar-refractivity contribution in [1.82, 2.24) is 9.55 Å². The van der Waals surface area contributed by atoms with Crippen molar-refractivity contribution in [3.8, 4) is 0 Å². The Bertz CT molecular complexity index is 1160. The largest absolute Gasteiger partial charge is 0.383 e. The van der Waals surface area contributed by atoms with Gasteiger partial charge >= 0.3 is 5.69 Å². The Morgan fingerprint density at radius 2 is 1.72 bits per heavy atom. The van der Waals surface area contributed by atoms with E-state index in [1.54, 1.807) is 0 Å². The lowest BCUT2D eigenvalue weighted by Gasteiger charge is -2.28.